The Morgan fingerprint density at radius 1 is 1.24 bits per heavy atom. The monoisotopic (exact) mass is 477 g/mol. The number of carbonyl (C=O) groups is 1. The summed E-state index contributed by atoms with van der Waals surface area (Å²) in [5.41, 5.74) is 2.65. The van der Waals surface area contributed by atoms with Gasteiger partial charge in [0.1, 0.15) is 12.4 Å². The Balaban J connectivity index is 1.64. The highest BCUT2D eigenvalue weighted by atomic mass is 79.9. The second kappa shape index (κ2) is 10.8. The number of hydrogen-bond donors (Lipinski definition) is 3. The normalized spacial score (nSPS) is 13.6. The Hall–Kier alpha value is -1.86. The molecule has 29 heavy (non-hydrogen) atoms. The van der Waals surface area contributed by atoms with E-state index in [1.54, 1.807) is 24.3 Å². The number of rotatable bonds is 10. The minimum absolute atomic E-state index is 0.164. The molecule has 1 saturated heterocycles. The van der Waals surface area contributed by atoms with Crippen LogP contribution in [-0.2, 0) is 13.1 Å². The number of amides is 1. The van der Waals surface area contributed by atoms with Crippen molar-refractivity contribution in [1.82, 2.24) is 16.0 Å². The molecule has 1 aliphatic rings. The Bertz CT molecular complexity index is 871. The summed E-state index contributed by atoms with van der Waals surface area (Å²) < 4.78 is 6.40. The summed E-state index contributed by atoms with van der Waals surface area (Å²) in [6, 6.07) is 11.2. The predicted octanol–water partition coefficient (Wildman–Crippen LogP) is 3.91. The van der Waals surface area contributed by atoms with Gasteiger partial charge in [-0.3, -0.25) is 4.79 Å². The Kier molecular flexibility index (Phi) is 8.12. The van der Waals surface area contributed by atoms with Crippen molar-refractivity contribution in [2.75, 3.05) is 26.2 Å². The quantitative estimate of drug-likeness (QED) is 0.453. The molecule has 5 nitrogen and oxygen atoms in total. The van der Waals surface area contributed by atoms with Gasteiger partial charge in [-0.2, -0.15) is 0 Å². The molecule has 7 heteroatoms. The molecule has 0 spiro atoms. The third kappa shape index (κ3) is 6.57. The van der Waals surface area contributed by atoms with E-state index in [9.17, 15) is 4.79 Å². The maximum absolute atomic E-state index is 12.5. The molecule has 154 valence electrons. The van der Waals surface area contributed by atoms with Crippen molar-refractivity contribution >= 4 is 33.4 Å². The van der Waals surface area contributed by atoms with Crippen LogP contribution in [0.4, 0.5) is 0 Å². The molecule has 0 aliphatic carbocycles. The summed E-state index contributed by atoms with van der Waals surface area (Å²) in [6.07, 6.45) is 1.72. The van der Waals surface area contributed by atoms with E-state index in [0.717, 1.165) is 43.1 Å². The van der Waals surface area contributed by atoms with Crippen LogP contribution >= 0.6 is 27.5 Å². The summed E-state index contributed by atoms with van der Waals surface area (Å²) in [4.78, 5) is 12.5. The van der Waals surface area contributed by atoms with E-state index in [0.29, 0.717) is 34.1 Å². The molecule has 0 aromatic heterocycles. The molecule has 2 aromatic rings. The van der Waals surface area contributed by atoms with Gasteiger partial charge in [0.15, 0.2) is 0 Å². The molecule has 0 saturated carbocycles. The Labute approximate surface area is 185 Å². The number of benzene rings is 2. The number of hydrogen-bond acceptors (Lipinski definition) is 4. The average Bonchev–Trinajstić information content (AvgIpc) is 2.66. The van der Waals surface area contributed by atoms with Crippen molar-refractivity contribution in [2.24, 2.45) is 5.92 Å². The zero-order valence-corrected chi connectivity index (χ0v) is 18.5. The van der Waals surface area contributed by atoms with Gasteiger partial charge < -0.3 is 20.7 Å². The number of carbonyl (C=O) groups excluding carboxylic acids is 1. The highest BCUT2D eigenvalue weighted by molar-refractivity contribution is 9.10. The van der Waals surface area contributed by atoms with Gasteiger partial charge in [0.25, 0.3) is 5.91 Å². The van der Waals surface area contributed by atoms with Crippen molar-refractivity contribution in [1.29, 1.82) is 0 Å². The molecular formula is C22H25BrClN3O2. The van der Waals surface area contributed by atoms with Crippen molar-refractivity contribution in [3.05, 3.63) is 75.2 Å². The van der Waals surface area contributed by atoms with Crippen LogP contribution in [0.1, 0.15) is 21.5 Å². The molecule has 0 radical (unpaired) electrons. The van der Waals surface area contributed by atoms with Crippen molar-refractivity contribution < 1.29 is 9.53 Å². The summed E-state index contributed by atoms with van der Waals surface area (Å²) in [6.45, 7) is 8.43. The molecular weight excluding hydrogens is 454 g/mol. The number of ether oxygens (including phenoxy) is 1. The van der Waals surface area contributed by atoms with Gasteiger partial charge in [-0.15, -0.1) is 0 Å². The van der Waals surface area contributed by atoms with Gasteiger partial charge in [-0.25, -0.2) is 0 Å². The van der Waals surface area contributed by atoms with E-state index in [-0.39, 0.29) is 5.91 Å². The van der Waals surface area contributed by atoms with Crippen LogP contribution in [0, 0.1) is 5.92 Å². The fourth-order valence-electron chi connectivity index (χ4n) is 3.04. The van der Waals surface area contributed by atoms with Crippen molar-refractivity contribution in [2.45, 2.75) is 13.1 Å². The minimum Gasteiger partial charge on any atom is -0.490 e. The van der Waals surface area contributed by atoms with Crippen LogP contribution in [0.3, 0.4) is 0 Å². The molecule has 1 fully saturated rings. The molecule has 3 rings (SSSR count). The van der Waals surface area contributed by atoms with E-state index >= 15 is 0 Å². The Morgan fingerprint density at radius 2 is 2.00 bits per heavy atom. The standard InChI is InChI=1S/C22H25BrClN3O2/c1-2-5-29-19-7-15(10-25-11-17-12-26-13-17)6-16(8-19)14-27-22(28)20-4-3-18(24)9-21(20)23/h2-4,6-9,17,25-26H,1,5,10-14H2,(H,27,28). The van der Waals surface area contributed by atoms with E-state index < -0.39 is 0 Å². The average molecular weight is 479 g/mol. The molecule has 3 N–H and O–H groups in total. The minimum atomic E-state index is -0.164. The zero-order chi connectivity index (χ0) is 20.6. The second-order valence-electron chi connectivity index (χ2n) is 7.05. The zero-order valence-electron chi connectivity index (χ0n) is 16.1. The Morgan fingerprint density at radius 3 is 2.66 bits per heavy atom. The SMILES string of the molecule is C=CCOc1cc(CNCC2CNC2)cc(CNC(=O)c2ccc(Cl)cc2Br)c1. The second-order valence-corrected chi connectivity index (χ2v) is 8.34. The molecule has 1 heterocycles. The predicted molar refractivity (Wildman–Crippen MR) is 121 cm³/mol. The molecule has 0 unspecified atom stereocenters. The highest BCUT2D eigenvalue weighted by Gasteiger charge is 2.15. The van der Waals surface area contributed by atoms with Gasteiger partial charge in [0.2, 0.25) is 0 Å². The molecule has 1 aliphatic heterocycles. The fourth-order valence-corrected chi connectivity index (χ4v) is 3.90. The first-order valence-corrected chi connectivity index (χ1v) is 10.7. The van der Waals surface area contributed by atoms with Crippen molar-refractivity contribution in [3.8, 4) is 5.75 Å². The van der Waals surface area contributed by atoms with Gasteiger partial charge in [0, 0.05) is 42.2 Å². The van der Waals surface area contributed by atoms with Gasteiger partial charge in [-0.1, -0.05) is 30.3 Å². The fraction of sp³-hybridized carbons (Fsp3) is 0.318. The molecule has 0 atom stereocenters. The summed E-state index contributed by atoms with van der Waals surface area (Å²) in [5.74, 6) is 1.31. The summed E-state index contributed by atoms with van der Waals surface area (Å²) >= 11 is 9.34. The third-order valence-electron chi connectivity index (χ3n) is 4.65. The number of nitrogens with one attached hydrogen (secondary N) is 3. The van der Waals surface area contributed by atoms with Gasteiger partial charge in [0.05, 0.1) is 5.56 Å². The van der Waals surface area contributed by atoms with Gasteiger partial charge >= 0.3 is 0 Å². The van der Waals surface area contributed by atoms with E-state index in [4.69, 9.17) is 16.3 Å². The lowest BCUT2D eigenvalue weighted by Crippen LogP contribution is -2.47. The van der Waals surface area contributed by atoms with Gasteiger partial charge in [-0.05, 0) is 63.3 Å². The third-order valence-corrected chi connectivity index (χ3v) is 5.54. The molecule has 0 bridgehead atoms. The lowest BCUT2D eigenvalue weighted by atomic mass is 10.0. The lowest BCUT2D eigenvalue weighted by Gasteiger charge is -2.27. The van der Waals surface area contributed by atoms with Crippen LogP contribution < -0.4 is 20.7 Å². The van der Waals surface area contributed by atoms with Crippen LogP contribution in [0.5, 0.6) is 5.75 Å². The summed E-state index contributed by atoms with van der Waals surface area (Å²) in [7, 11) is 0. The van der Waals surface area contributed by atoms with Crippen molar-refractivity contribution in [3.63, 3.8) is 0 Å². The summed E-state index contributed by atoms with van der Waals surface area (Å²) in [5, 5.41) is 10.3. The number of halogens is 2. The topological polar surface area (TPSA) is 62.4 Å². The smallest absolute Gasteiger partial charge is 0.252 e. The molecule has 2 aromatic carbocycles. The largest absolute Gasteiger partial charge is 0.490 e. The van der Waals surface area contributed by atoms with Crippen LogP contribution in [0.2, 0.25) is 5.02 Å². The maximum atomic E-state index is 12.5. The van der Waals surface area contributed by atoms with E-state index in [2.05, 4.69) is 44.5 Å². The first-order valence-electron chi connectivity index (χ1n) is 9.56. The first-order chi connectivity index (χ1) is 14.0. The van der Waals surface area contributed by atoms with Crippen LogP contribution in [0.25, 0.3) is 0 Å². The van der Waals surface area contributed by atoms with Crippen LogP contribution in [0.15, 0.2) is 53.5 Å². The van der Waals surface area contributed by atoms with E-state index in [1.807, 2.05) is 12.1 Å². The molecule has 1 amide bonds. The van der Waals surface area contributed by atoms with E-state index in [1.165, 1.54) is 0 Å². The maximum Gasteiger partial charge on any atom is 0.252 e. The highest BCUT2D eigenvalue weighted by Crippen LogP contribution is 2.22. The van der Waals surface area contributed by atoms with Crippen LogP contribution in [-0.4, -0.2) is 32.1 Å². The lowest BCUT2D eigenvalue weighted by molar-refractivity contribution is 0.0950. The first kappa shape index (κ1) is 21.8.